The van der Waals surface area contributed by atoms with Crippen LogP contribution in [0.15, 0.2) is 72.8 Å². The molecule has 2 amide bonds. The van der Waals surface area contributed by atoms with E-state index in [1.54, 1.807) is 68.7 Å². The molecule has 0 atom stereocenters. The minimum atomic E-state index is -0.300. The predicted molar refractivity (Wildman–Crippen MR) is 121 cm³/mol. The maximum Gasteiger partial charge on any atom is 0.259 e. The minimum Gasteiger partial charge on any atom is -0.488 e. The number of nitrogens with zero attached hydrogens (tertiary/aromatic N) is 1. The molecule has 7 heteroatoms. The Bertz CT molecular complexity index is 1050. The van der Waals surface area contributed by atoms with Crippen molar-refractivity contribution in [3.8, 4) is 11.5 Å². The molecule has 0 aromatic heterocycles. The van der Waals surface area contributed by atoms with Gasteiger partial charge in [-0.3, -0.25) is 9.59 Å². The molecule has 0 unspecified atom stereocenters. The van der Waals surface area contributed by atoms with Gasteiger partial charge in [0.15, 0.2) is 6.61 Å². The highest BCUT2D eigenvalue weighted by Crippen LogP contribution is 2.23. The smallest absolute Gasteiger partial charge is 0.259 e. The van der Waals surface area contributed by atoms with Crippen LogP contribution in [0.25, 0.3) is 0 Å². The highest BCUT2D eigenvalue weighted by molar-refractivity contribution is 6.31. The zero-order chi connectivity index (χ0) is 22.2. The third kappa shape index (κ3) is 6.23. The lowest BCUT2D eigenvalue weighted by Gasteiger charge is -2.13. The SMILES string of the molecule is CN(C)C(=O)COc1ccc(NC(=O)c2ccccc2OCc2ccccc2Cl)cc1. The second-order valence-electron chi connectivity index (χ2n) is 6.93. The molecule has 0 saturated heterocycles. The van der Waals surface area contributed by atoms with Crippen LogP contribution in [0, 0.1) is 0 Å². The fourth-order valence-electron chi connectivity index (χ4n) is 2.66. The molecule has 3 aromatic rings. The summed E-state index contributed by atoms with van der Waals surface area (Å²) in [5.74, 6) is 0.565. The Kier molecular flexibility index (Phi) is 7.51. The van der Waals surface area contributed by atoms with Gasteiger partial charge in [0, 0.05) is 30.4 Å². The van der Waals surface area contributed by atoms with Crippen LogP contribution in [0.5, 0.6) is 11.5 Å². The lowest BCUT2D eigenvalue weighted by atomic mass is 10.1. The first-order valence-electron chi connectivity index (χ1n) is 9.63. The van der Waals surface area contributed by atoms with Gasteiger partial charge in [-0.1, -0.05) is 41.9 Å². The quantitative estimate of drug-likeness (QED) is 0.556. The van der Waals surface area contributed by atoms with Gasteiger partial charge in [-0.05, 0) is 42.5 Å². The van der Waals surface area contributed by atoms with Gasteiger partial charge in [-0.15, -0.1) is 0 Å². The molecule has 0 bridgehead atoms. The summed E-state index contributed by atoms with van der Waals surface area (Å²) in [6.07, 6.45) is 0. The molecular formula is C24H23ClN2O4. The molecule has 160 valence electrons. The average molecular weight is 439 g/mol. The van der Waals surface area contributed by atoms with E-state index in [2.05, 4.69) is 5.32 Å². The van der Waals surface area contributed by atoms with E-state index in [1.165, 1.54) is 4.90 Å². The van der Waals surface area contributed by atoms with Crippen molar-refractivity contribution in [3.05, 3.63) is 88.9 Å². The summed E-state index contributed by atoms with van der Waals surface area (Å²) in [6, 6.07) is 21.2. The van der Waals surface area contributed by atoms with Crippen molar-refractivity contribution >= 4 is 29.1 Å². The van der Waals surface area contributed by atoms with Crippen molar-refractivity contribution in [3.63, 3.8) is 0 Å². The largest absolute Gasteiger partial charge is 0.488 e. The van der Waals surface area contributed by atoms with Crippen LogP contribution in [-0.4, -0.2) is 37.4 Å². The lowest BCUT2D eigenvalue weighted by molar-refractivity contribution is -0.130. The monoisotopic (exact) mass is 438 g/mol. The number of benzene rings is 3. The number of amides is 2. The van der Waals surface area contributed by atoms with Crippen LogP contribution in [0.2, 0.25) is 5.02 Å². The van der Waals surface area contributed by atoms with Gasteiger partial charge in [0.2, 0.25) is 0 Å². The van der Waals surface area contributed by atoms with Crippen molar-refractivity contribution in [1.82, 2.24) is 4.90 Å². The summed E-state index contributed by atoms with van der Waals surface area (Å²) in [6.45, 7) is 0.205. The Morgan fingerprint density at radius 3 is 2.29 bits per heavy atom. The van der Waals surface area contributed by atoms with Gasteiger partial charge >= 0.3 is 0 Å². The van der Waals surface area contributed by atoms with E-state index in [-0.39, 0.29) is 25.0 Å². The number of nitrogens with one attached hydrogen (secondary N) is 1. The Morgan fingerprint density at radius 2 is 1.58 bits per heavy atom. The first-order valence-corrected chi connectivity index (χ1v) is 10.0. The van der Waals surface area contributed by atoms with Crippen molar-refractivity contribution < 1.29 is 19.1 Å². The number of likely N-dealkylation sites (N-methyl/N-ethyl adjacent to an activating group) is 1. The summed E-state index contributed by atoms with van der Waals surface area (Å²) >= 11 is 6.18. The molecule has 0 fully saturated rings. The third-order valence-corrected chi connectivity index (χ3v) is 4.81. The van der Waals surface area contributed by atoms with E-state index in [0.29, 0.717) is 27.8 Å². The van der Waals surface area contributed by atoms with Crippen molar-refractivity contribution in [2.45, 2.75) is 6.61 Å². The molecule has 0 aliphatic rings. The number of ether oxygens (including phenoxy) is 2. The number of hydrogen-bond acceptors (Lipinski definition) is 4. The minimum absolute atomic E-state index is 0.0468. The van der Waals surface area contributed by atoms with Crippen LogP contribution in [0.3, 0.4) is 0 Å². The maximum absolute atomic E-state index is 12.8. The standard InChI is InChI=1S/C24H23ClN2O4/c1-27(2)23(28)16-30-19-13-11-18(12-14-19)26-24(29)20-8-4-6-10-22(20)31-15-17-7-3-5-9-21(17)25/h3-14H,15-16H2,1-2H3,(H,26,29). The summed E-state index contributed by atoms with van der Waals surface area (Å²) in [5, 5.41) is 3.45. The van der Waals surface area contributed by atoms with Gasteiger partial charge in [0.1, 0.15) is 18.1 Å². The Balaban J connectivity index is 1.63. The van der Waals surface area contributed by atoms with Gasteiger partial charge in [0.05, 0.1) is 5.56 Å². The number of carbonyl (C=O) groups is 2. The Hall–Kier alpha value is -3.51. The summed E-state index contributed by atoms with van der Waals surface area (Å²) in [5.41, 5.74) is 1.84. The van der Waals surface area contributed by atoms with Gasteiger partial charge in [-0.2, -0.15) is 0 Å². The molecule has 31 heavy (non-hydrogen) atoms. The topological polar surface area (TPSA) is 67.9 Å². The zero-order valence-corrected chi connectivity index (χ0v) is 18.1. The van der Waals surface area contributed by atoms with Crippen LogP contribution in [0.4, 0.5) is 5.69 Å². The fourth-order valence-corrected chi connectivity index (χ4v) is 2.85. The molecule has 0 aliphatic carbocycles. The van der Waals surface area contributed by atoms with E-state index < -0.39 is 0 Å². The first kappa shape index (κ1) is 22.2. The second-order valence-corrected chi connectivity index (χ2v) is 7.34. The van der Waals surface area contributed by atoms with Gasteiger partial charge in [-0.25, -0.2) is 0 Å². The van der Waals surface area contributed by atoms with Crippen molar-refractivity contribution in [1.29, 1.82) is 0 Å². The first-order chi connectivity index (χ1) is 14.9. The molecule has 6 nitrogen and oxygen atoms in total. The Labute approximate surface area is 186 Å². The number of halogens is 1. The highest BCUT2D eigenvalue weighted by atomic mass is 35.5. The molecule has 0 radical (unpaired) electrons. The van der Waals surface area contributed by atoms with Crippen LogP contribution in [-0.2, 0) is 11.4 Å². The molecule has 0 spiro atoms. The van der Waals surface area contributed by atoms with Crippen molar-refractivity contribution in [2.75, 3.05) is 26.0 Å². The number of anilines is 1. The fraction of sp³-hybridized carbons (Fsp3) is 0.167. The van der Waals surface area contributed by atoms with E-state index >= 15 is 0 Å². The normalized spacial score (nSPS) is 10.3. The summed E-state index contributed by atoms with van der Waals surface area (Å²) in [7, 11) is 3.33. The van der Waals surface area contributed by atoms with E-state index in [1.807, 2.05) is 18.2 Å². The molecule has 0 heterocycles. The molecule has 0 saturated carbocycles. The molecule has 3 rings (SSSR count). The maximum atomic E-state index is 12.8. The number of para-hydroxylation sites is 1. The lowest BCUT2D eigenvalue weighted by Crippen LogP contribution is -2.27. The third-order valence-electron chi connectivity index (χ3n) is 4.45. The number of rotatable bonds is 8. The highest BCUT2D eigenvalue weighted by Gasteiger charge is 2.13. The van der Waals surface area contributed by atoms with Crippen LogP contribution in [0.1, 0.15) is 15.9 Å². The molecular weight excluding hydrogens is 416 g/mol. The predicted octanol–water partition coefficient (Wildman–Crippen LogP) is 4.64. The summed E-state index contributed by atoms with van der Waals surface area (Å²) in [4.78, 5) is 25.9. The van der Waals surface area contributed by atoms with Gasteiger partial charge < -0.3 is 19.7 Å². The number of carbonyl (C=O) groups excluding carboxylic acids is 2. The van der Waals surface area contributed by atoms with Crippen LogP contribution >= 0.6 is 11.6 Å². The van der Waals surface area contributed by atoms with Crippen LogP contribution < -0.4 is 14.8 Å². The van der Waals surface area contributed by atoms with E-state index in [9.17, 15) is 9.59 Å². The zero-order valence-electron chi connectivity index (χ0n) is 17.3. The second kappa shape index (κ2) is 10.5. The summed E-state index contributed by atoms with van der Waals surface area (Å²) < 4.78 is 11.3. The molecule has 3 aromatic carbocycles. The van der Waals surface area contributed by atoms with E-state index in [4.69, 9.17) is 21.1 Å². The molecule has 1 N–H and O–H groups in total. The van der Waals surface area contributed by atoms with Crippen molar-refractivity contribution in [2.24, 2.45) is 0 Å². The van der Waals surface area contributed by atoms with Gasteiger partial charge in [0.25, 0.3) is 11.8 Å². The Morgan fingerprint density at radius 1 is 0.903 bits per heavy atom. The van der Waals surface area contributed by atoms with E-state index in [0.717, 1.165) is 5.56 Å². The average Bonchev–Trinajstić information content (AvgIpc) is 2.78. The molecule has 0 aliphatic heterocycles. The number of hydrogen-bond donors (Lipinski definition) is 1.